The molecular weight excluding hydrogens is 1360 g/mol. The molecule has 1 aliphatic carbocycles. The van der Waals surface area contributed by atoms with Gasteiger partial charge in [0.2, 0.25) is 35.4 Å². The fourth-order valence-corrected chi connectivity index (χ4v) is 14.0. The van der Waals surface area contributed by atoms with Crippen molar-refractivity contribution in [2.45, 2.75) is 180 Å². The highest BCUT2D eigenvalue weighted by molar-refractivity contribution is 6.13. The molecule has 7 N–H and O–H groups in total. The zero-order valence-corrected chi connectivity index (χ0v) is 60.4. The Kier molecular flexibility index (Phi) is 26.2. The maximum absolute atomic E-state index is 14.2. The van der Waals surface area contributed by atoms with Crippen molar-refractivity contribution < 1.29 is 71.8 Å². The molecule has 0 spiro atoms. The number of aromatic nitrogens is 5. The van der Waals surface area contributed by atoms with Gasteiger partial charge in [0.15, 0.2) is 17.4 Å². The number of ketones is 2. The number of nitrogens with two attached hydrogens (primary N) is 1. The lowest BCUT2D eigenvalue weighted by atomic mass is 9.89. The Labute approximate surface area is 613 Å². The van der Waals surface area contributed by atoms with E-state index in [-0.39, 0.29) is 150 Å². The summed E-state index contributed by atoms with van der Waals surface area (Å²) in [5, 5.41) is 21.9. The van der Waals surface area contributed by atoms with Gasteiger partial charge in [-0.15, -0.1) is 5.10 Å². The zero-order chi connectivity index (χ0) is 75.7. The van der Waals surface area contributed by atoms with E-state index >= 15 is 0 Å². The van der Waals surface area contributed by atoms with E-state index in [4.69, 9.17) is 20.2 Å². The summed E-state index contributed by atoms with van der Waals surface area (Å²) in [6, 6.07) is 13.9. The van der Waals surface area contributed by atoms with E-state index in [9.17, 15) is 62.3 Å². The molecule has 562 valence electrons. The normalized spacial score (nSPS) is 16.9. The molecule has 2 aromatic heterocycles. The first kappa shape index (κ1) is 77.3. The summed E-state index contributed by atoms with van der Waals surface area (Å²) in [5.41, 5.74) is 9.64. The highest BCUT2D eigenvalue weighted by Gasteiger charge is 2.43. The minimum absolute atomic E-state index is 0.00969. The highest BCUT2D eigenvalue weighted by Crippen LogP contribution is 2.40. The quantitative estimate of drug-likeness (QED) is 0.0152. The number of hydrogen-bond acceptors (Lipinski definition) is 20. The number of piperidine rings is 1. The van der Waals surface area contributed by atoms with Gasteiger partial charge < -0.3 is 56.1 Å². The van der Waals surface area contributed by atoms with E-state index < -0.39 is 59.7 Å². The molecule has 31 heteroatoms. The summed E-state index contributed by atoms with van der Waals surface area (Å²) >= 11 is 0. The van der Waals surface area contributed by atoms with Crippen molar-refractivity contribution in [2.24, 2.45) is 17.6 Å². The van der Waals surface area contributed by atoms with Gasteiger partial charge in [-0.25, -0.2) is 19.6 Å². The van der Waals surface area contributed by atoms with Gasteiger partial charge in [-0.05, 0) is 93.2 Å². The molecule has 3 aromatic carbocycles. The second kappa shape index (κ2) is 36.0. The highest BCUT2D eigenvalue weighted by atomic mass is 16.6. The summed E-state index contributed by atoms with van der Waals surface area (Å²) in [6.45, 7) is 5.63. The van der Waals surface area contributed by atoms with Gasteiger partial charge in [-0.3, -0.25) is 67.6 Å². The van der Waals surface area contributed by atoms with Crippen LogP contribution in [-0.4, -0.2) is 181 Å². The van der Waals surface area contributed by atoms with Crippen LogP contribution in [0.3, 0.4) is 0 Å². The standard InChI is InChI=1S/C75H92N16O15/c1-6-56-73(102)86(4)58-41-78-62(81-69(58)91(56)52-15-9-10-16-52)40-48-23-22-47(39-61(48)105-5)59(92)28-26-51-42-88(85-84-51)37-36-87(35-32-65(96)80-55-18-12-17-53-54(55)43-90(72(53)101)57-27-29-64(95)83-71(57)100)75(104)106-44-46-20-24-50(25-21-46)79-70(99)49(14-13-33-77-74(76)103)38-60(93)68(45(2)3)82-63(94)19-8-7-11-34-89-66(97)30-31-67(89)98/h12,17-18,20-25,30-31,39,41-42,45,49,52,56-57,68H,6-11,13-16,19,26-29,32-38,40,43-44H2,1-5H3,(H,79,99)(H,80,96)(H,82,94)(H3,76,77,103)(H,83,95,100)/t49-,56-,57?,68+/m1/s1. The average Bonchev–Trinajstić information content (AvgIpc) is 1.15. The van der Waals surface area contributed by atoms with Crippen LogP contribution in [0.15, 0.2) is 85.2 Å². The first-order chi connectivity index (χ1) is 51.0. The molecule has 31 nitrogen and oxygen atoms in total. The molecule has 6 heterocycles. The summed E-state index contributed by atoms with van der Waals surface area (Å²) in [4.78, 5) is 187. The second-order valence-electron chi connectivity index (χ2n) is 27.6. The van der Waals surface area contributed by atoms with Crippen molar-refractivity contribution in [3.8, 4) is 5.75 Å². The molecule has 2 fully saturated rings. The minimum atomic E-state index is -0.915. The lowest BCUT2D eigenvalue weighted by Gasteiger charge is -2.43. The van der Waals surface area contributed by atoms with E-state index in [1.807, 2.05) is 13.0 Å². The minimum Gasteiger partial charge on any atom is -0.496 e. The third-order valence-corrected chi connectivity index (χ3v) is 19.9. The van der Waals surface area contributed by atoms with Crippen molar-refractivity contribution in [1.82, 2.24) is 55.6 Å². The molecule has 0 radical (unpaired) electrons. The number of amides is 12. The number of ether oxygens (including phenoxy) is 2. The predicted octanol–water partition coefficient (Wildman–Crippen LogP) is 6.00. The molecule has 1 saturated carbocycles. The number of likely N-dealkylation sites (N-methyl/N-ethyl adjacent to an activating group) is 1. The second-order valence-corrected chi connectivity index (χ2v) is 27.6. The molecule has 10 rings (SSSR count). The Morgan fingerprint density at radius 3 is 2.32 bits per heavy atom. The number of aryl methyl sites for hydroxylation is 1. The largest absolute Gasteiger partial charge is 0.496 e. The number of nitrogens with one attached hydrogen (secondary N) is 5. The number of imide groups is 2. The van der Waals surface area contributed by atoms with Crippen molar-refractivity contribution in [3.05, 3.63) is 125 Å². The van der Waals surface area contributed by atoms with Crippen LogP contribution in [0.25, 0.3) is 0 Å². The zero-order valence-electron chi connectivity index (χ0n) is 60.4. The Hall–Kier alpha value is -11.3. The molecule has 5 aliphatic rings. The first-order valence-electron chi connectivity index (χ1n) is 36.2. The number of carbonyl (C=O) groups excluding carboxylic acids is 13. The van der Waals surface area contributed by atoms with Crippen molar-refractivity contribution in [3.63, 3.8) is 0 Å². The number of anilines is 4. The monoisotopic (exact) mass is 1460 g/mol. The SMILES string of the molecule is CC[C@@H]1C(=O)N(C)c2cnc(Cc3ccc(C(=O)CCc4cn(CCN(CCC(=O)Nc5cccc6c5CN(C5CCC(=O)NC5=O)C6=O)C(=O)OCc5ccc(NC(=O)[C@H](CCCNC(N)=O)CC(=O)[C@@H](NC(=O)CCCCCN6C(=O)C=CC6=O)C(C)C)cc5)nn4)cc3OC)nc2N1C1CCCC1. The fraction of sp³-hybridized carbons (Fsp3) is 0.480. The summed E-state index contributed by atoms with van der Waals surface area (Å²) in [6.07, 6.45) is 12.3. The molecule has 4 aliphatic heterocycles. The van der Waals surface area contributed by atoms with Crippen LogP contribution in [0.2, 0.25) is 0 Å². The van der Waals surface area contributed by atoms with Gasteiger partial charge in [0.1, 0.15) is 36.0 Å². The van der Waals surface area contributed by atoms with E-state index in [1.54, 1.807) is 92.8 Å². The number of hydrogen-bond donors (Lipinski definition) is 6. The molecule has 1 unspecified atom stereocenters. The van der Waals surface area contributed by atoms with E-state index in [1.165, 1.54) is 33.7 Å². The number of urea groups is 1. The summed E-state index contributed by atoms with van der Waals surface area (Å²) < 4.78 is 13.2. The summed E-state index contributed by atoms with van der Waals surface area (Å²) in [7, 11) is 3.30. The number of carbonyl (C=O) groups is 13. The van der Waals surface area contributed by atoms with Crippen LogP contribution in [0.1, 0.15) is 172 Å². The number of benzene rings is 3. The number of unbranched alkanes of at least 4 members (excludes halogenated alkanes) is 2. The molecule has 12 amide bonds. The molecule has 4 atom stereocenters. The van der Waals surface area contributed by atoms with E-state index in [0.29, 0.717) is 95.1 Å². The fourth-order valence-electron chi connectivity index (χ4n) is 14.0. The number of primary amides is 1. The third kappa shape index (κ3) is 19.6. The molecule has 0 bridgehead atoms. The van der Waals surface area contributed by atoms with Crippen molar-refractivity contribution in [1.29, 1.82) is 0 Å². The van der Waals surface area contributed by atoms with Crippen LogP contribution in [0, 0.1) is 11.8 Å². The maximum atomic E-state index is 14.2. The number of Topliss-reactive ketones (excluding diaryl/α,β-unsaturated/α-hetero) is 2. The smallest absolute Gasteiger partial charge is 0.410 e. The van der Waals surface area contributed by atoms with Crippen LogP contribution in [0.4, 0.5) is 32.5 Å². The Balaban J connectivity index is 0.758. The van der Waals surface area contributed by atoms with Crippen LogP contribution in [-0.2, 0) is 80.4 Å². The van der Waals surface area contributed by atoms with Crippen molar-refractivity contribution >= 4 is 99.7 Å². The van der Waals surface area contributed by atoms with Gasteiger partial charge in [0, 0.05) is 149 Å². The number of fused-ring (bicyclic) bond motifs is 2. The number of rotatable bonds is 36. The van der Waals surface area contributed by atoms with Gasteiger partial charge >= 0.3 is 12.1 Å². The molecule has 106 heavy (non-hydrogen) atoms. The molecular formula is C75H92N16O15. The van der Waals surface area contributed by atoms with Gasteiger partial charge in [-0.2, -0.15) is 0 Å². The van der Waals surface area contributed by atoms with E-state index in [2.05, 4.69) is 46.8 Å². The lowest BCUT2D eigenvalue weighted by Crippen LogP contribution is -2.55. The lowest BCUT2D eigenvalue weighted by molar-refractivity contribution is -0.138. The first-order valence-corrected chi connectivity index (χ1v) is 36.2. The number of methoxy groups -OCH3 is 1. The van der Waals surface area contributed by atoms with Gasteiger partial charge in [0.05, 0.1) is 31.6 Å². The Morgan fingerprint density at radius 2 is 1.60 bits per heavy atom. The average molecular weight is 1460 g/mol. The molecule has 5 aromatic rings. The van der Waals surface area contributed by atoms with Crippen LogP contribution in [0.5, 0.6) is 5.75 Å². The summed E-state index contributed by atoms with van der Waals surface area (Å²) in [5.74, 6) is -3.49. The Morgan fingerprint density at radius 1 is 0.840 bits per heavy atom. The Bertz CT molecular complexity index is 4170. The van der Waals surface area contributed by atoms with Crippen LogP contribution >= 0.6 is 0 Å². The maximum Gasteiger partial charge on any atom is 0.410 e. The molecule has 1 saturated heterocycles. The topological polar surface area (TPSA) is 399 Å². The number of nitrogens with zero attached hydrogens (tertiary/aromatic N) is 10. The van der Waals surface area contributed by atoms with Crippen molar-refractivity contribution in [2.75, 3.05) is 60.8 Å². The third-order valence-electron chi connectivity index (χ3n) is 19.9. The van der Waals surface area contributed by atoms with Crippen LogP contribution < -0.4 is 46.9 Å². The predicted molar refractivity (Wildman–Crippen MR) is 386 cm³/mol. The van der Waals surface area contributed by atoms with E-state index in [0.717, 1.165) is 42.0 Å². The van der Waals surface area contributed by atoms with Gasteiger partial charge in [-0.1, -0.05) is 75.6 Å². The van der Waals surface area contributed by atoms with Gasteiger partial charge in [0.25, 0.3) is 17.7 Å².